The van der Waals surface area contributed by atoms with Gasteiger partial charge in [-0.1, -0.05) is 135 Å². The largest absolute Gasteiger partial charge is 0.489 e. The maximum atomic E-state index is 6.85. The SMILES string of the molecule is CC1=CC2=C3B(c4cc(C(C)(C)C)ccc4N2c2ccc(C(C)(C)C)cc2)c2ccc4c(c2N(c2ccc(C(C)(C)C)cc2-c2ccccc2)C3C1)OCCCO4. The Morgan fingerprint density at radius 2 is 1.26 bits per heavy atom. The van der Waals surface area contributed by atoms with Crippen LogP contribution in [0.25, 0.3) is 11.1 Å². The van der Waals surface area contributed by atoms with Gasteiger partial charge in [0, 0.05) is 34.7 Å². The highest BCUT2D eigenvalue weighted by Gasteiger charge is 2.50. The fourth-order valence-corrected chi connectivity index (χ4v) is 9.43. The van der Waals surface area contributed by atoms with Crippen molar-refractivity contribution in [1.82, 2.24) is 0 Å². The van der Waals surface area contributed by atoms with Crippen LogP contribution >= 0.6 is 0 Å². The van der Waals surface area contributed by atoms with Crippen LogP contribution in [0.15, 0.2) is 126 Å². The van der Waals surface area contributed by atoms with Gasteiger partial charge in [0.15, 0.2) is 11.5 Å². The fraction of sp³-hybridized carbons (Fsp3) is 0.346. The molecule has 0 saturated heterocycles. The van der Waals surface area contributed by atoms with Crippen molar-refractivity contribution in [2.45, 2.75) is 104 Å². The van der Waals surface area contributed by atoms with Crippen molar-refractivity contribution < 1.29 is 9.47 Å². The summed E-state index contributed by atoms with van der Waals surface area (Å²) in [5, 5.41) is 0. The van der Waals surface area contributed by atoms with Crippen LogP contribution in [0.1, 0.15) is 98.8 Å². The molecule has 0 amide bonds. The smallest absolute Gasteiger partial charge is 0.247 e. The molecule has 1 atom stereocenters. The number of nitrogens with zero attached hydrogens (tertiary/aromatic N) is 2. The molecule has 0 radical (unpaired) electrons. The highest BCUT2D eigenvalue weighted by atomic mass is 16.5. The van der Waals surface area contributed by atoms with Crippen molar-refractivity contribution in [3.8, 4) is 22.6 Å². The Labute approximate surface area is 341 Å². The van der Waals surface area contributed by atoms with Gasteiger partial charge in [0.05, 0.1) is 24.9 Å². The average Bonchev–Trinajstić information content (AvgIpc) is 3.43. The van der Waals surface area contributed by atoms with Gasteiger partial charge >= 0.3 is 0 Å². The molecule has 5 heteroatoms. The molecular formula is C52H57BN2O2. The van der Waals surface area contributed by atoms with Crippen molar-refractivity contribution >= 4 is 40.4 Å². The maximum absolute atomic E-state index is 6.85. The maximum Gasteiger partial charge on any atom is 0.247 e. The summed E-state index contributed by atoms with van der Waals surface area (Å²) in [6, 6.07) is 39.2. The second kappa shape index (κ2) is 13.5. The van der Waals surface area contributed by atoms with E-state index in [1.54, 1.807) is 0 Å². The molecule has 3 aliphatic heterocycles. The Morgan fingerprint density at radius 3 is 1.95 bits per heavy atom. The lowest BCUT2D eigenvalue weighted by Crippen LogP contribution is -2.61. The number of benzene rings is 5. The summed E-state index contributed by atoms with van der Waals surface area (Å²) >= 11 is 0. The van der Waals surface area contributed by atoms with Crippen molar-refractivity contribution in [2.24, 2.45) is 0 Å². The highest BCUT2D eigenvalue weighted by molar-refractivity contribution is 6.94. The predicted molar refractivity (Wildman–Crippen MR) is 241 cm³/mol. The van der Waals surface area contributed by atoms with E-state index in [9.17, 15) is 0 Å². The highest BCUT2D eigenvalue weighted by Crippen LogP contribution is 2.53. The van der Waals surface area contributed by atoms with E-state index in [0.717, 1.165) is 30.0 Å². The van der Waals surface area contributed by atoms with Gasteiger partial charge in [-0.05, 0) is 111 Å². The van der Waals surface area contributed by atoms with E-state index in [1.165, 1.54) is 72.5 Å². The lowest BCUT2D eigenvalue weighted by atomic mass is 9.31. The van der Waals surface area contributed by atoms with Crippen LogP contribution in [0.3, 0.4) is 0 Å². The van der Waals surface area contributed by atoms with Gasteiger partial charge in [0.25, 0.3) is 0 Å². The van der Waals surface area contributed by atoms with Crippen molar-refractivity contribution in [3.05, 3.63) is 143 Å². The van der Waals surface area contributed by atoms with E-state index >= 15 is 0 Å². The molecule has 5 aromatic carbocycles. The molecule has 57 heavy (non-hydrogen) atoms. The van der Waals surface area contributed by atoms with Crippen LogP contribution in [0, 0.1) is 0 Å². The van der Waals surface area contributed by atoms with E-state index in [0.29, 0.717) is 13.2 Å². The van der Waals surface area contributed by atoms with Gasteiger partial charge in [0.2, 0.25) is 6.71 Å². The van der Waals surface area contributed by atoms with Crippen LogP contribution in [0.2, 0.25) is 0 Å². The summed E-state index contributed by atoms with van der Waals surface area (Å²) in [7, 11) is 0. The van der Waals surface area contributed by atoms with Gasteiger partial charge in [-0.25, -0.2) is 0 Å². The average molecular weight is 753 g/mol. The summed E-state index contributed by atoms with van der Waals surface area (Å²) < 4.78 is 13.4. The molecule has 0 bridgehead atoms. The molecule has 9 rings (SSSR count). The third kappa shape index (κ3) is 6.38. The van der Waals surface area contributed by atoms with E-state index in [-0.39, 0.29) is 29.0 Å². The van der Waals surface area contributed by atoms with Gasteiger partial charge in [-0.2, -0.15) is 0 Å². The quantitative estimate of drug-likeness (QED) is 0.171. The summed E-state index contributed by atoms with van der Waals surface area (Å²) in [5.41, 5.74) is 17.9. The summed E-state index contributed by atoms with van der Waals surface area (Å²) in [5.74, 6) is 1.70. The molecular weight excluding hydrogens is 695 g/mol. The zero-order valence-electron chi connectivity index (χ0n) is 35.6. The van der Waals surface area contributed by atoms with Crippen LogP contribution in [0.4, 0.5) is 22.7 Å². The molecule has 0 fully saturated rings. The minimum atomic E-state index is -0.0149. The number of hydrogen-bond acceptors (Lipinski definition) is 4. The Kier molecular flexibility index (Phi) is 8.84. The first-order valence-corrected chi connectivity index (χ1v) is 21.0. The number of anilines is 4. The fourth-order valence-electron chi connectivity index (χ4n) is 9.43. The minimum Gasteiger partial charge on any atom is -0.489 e. The van der Waals surface area contributed by atoms with Gasteiger partial charge < -0.3 is 19.3 Å². The molecule has 0 aromatic heterocycles. The molecule has 1 unspecified atom stereocenters. The van der Waals surface area contributed by atoms with Gasteiger partial charge in [-0.15, -0.1) is 0 Å². The lowest BCUT2D eigenvalue weighted by molar-refractivity contribution is 0.297. The second-order valence-electron chi connectivity index (χ2n) is 19.7. The number of fused-ring (bicyclic) bond motifs is 6. The number of allylic oxidation sites excluding steroid dienone is 1. The minimum absolute atomic E-state index is 0.0122. The van der Waals surface area contributed by atoms with E-state index in [2.05, 4.69) is 188 Å². The zero-order valence-corrected chi connectivity index (χ0v) is 35.6. The Hall–Kier alpha value is -5.16. The number of rotatable bonds is 3. The first kappa shape index (κ1) is 37.4. The summed E-state index contributed by atoms with van der Waals surface area (Å²) in [6.07, 6.45) is 4.23. The van der Waals surface area contributed by atoms with E-state index < -0.39 is 0 Å². The Bertz CT molecular complexity index is 2440. The first-order valence-electron chi connectivity index (χ1n) is 21.0. The van der Waals surface area contributed by atoms with Crippen molar-refractivity contribution in [2.75, 3.05) is 23.0 Å². The normalized spacial score (nSPS) is 17.8. The first-order chi connectivity index (χ1) is 27.1. The van der Waals surface area contributed by atoms with Crippen LogP contribution in [-0.2, 0) is 16.2 Å². The van der Waals surface area contributed by atoms with Crippen LogP contribution in [-0.4, -0.2) is 26.0 Å². The molecule has 4 nitrogen and oxygen atoms in total. The summed E-state index contributed by atoms with van der Waals surface area (Å²) in [4.78, 5) is 5.21. The summed E-state index contributed by atoms with van der Waals surface area (Å²) in [6.45, 7) is 24.4. The Morgan fingerprint density at radius 1 is 0.632 bits per heavy atom. The molecule has 290 valence electrons. The van der Waals surface area contributed by atoms with Gasteiger partial charge in [-0.3, -0.25) is 0 Å². The molecule has 0 spiro atoms. The standard InChI is InChI=1S/C52H57BN2O2/c1-33-29-44-47-45(30-33)55(42-24-19-36(51(5,6)7)31-39(42)34-15-12-11-13-16-34)48-40(23-26-46-49(48)57-28-14-27-56-46)53(47)41-32-37(52(8,9)10)20-25-43(41)54(44)38-21-17-35(18-22-38)50(2,3)4/h11-13,15-26,29,31-32,45H,14,27-28,30H2,1-10H3. The molecule has 1 aliphatic carbocycles. The molecule has 0 N–H and O–H groups in total. The van der Waals surface area contributed by atoms with Crippen molar-refractivity contribution in [1.29, 1.82) is 0 Å². The van der Waals surface area contributed by atoms with Crippen molar-refractivity contribution in [3.63, 3.8) is 0 Å². The zero-order chi connectivity index (χ0) is 40.0. The molecule has 5 aromatic rings. The second-order valence-corrected chi connectivity index (χ2v) is 19.7. The van der Waals surface area contributed by atoms with Crippen LogP contribution in [0.5, 0.6) is 11.5 Å². The van der Waals surface area contributed by atoms with Gasteiger partial charge in [0.1, 0.15) is 0 Å². The third-order valence-electron chi connectivity index (χ3n) is 12.5. The third-order valence-corrected chi connectivity index (χ3v) is 12.5. The molecule has 3 heterocycles. The molecule has 0 saturated carbocycles. The topological polar surface area (TPSA) is 24.9 Å². The predicted octanol–water partition coefficient (Wildman–Crippen LogP) is 11.8. The van der Waals surface area contributed by atoms with E-state index in [4.69, 9.17) is 9.47 Å². The monoisotopic (exact) mass is 752 g/mol. The number of hydrogen-bond donors (Lipinski definition) is 0. The lowest BCUT2D eigenvalue weighted by Gasteiger charge is -2.51. The molecule has 4 aliphatic rings. The number of ether oxygens (including phenoxy) is 2. The van der Waals surface area contributed by atoms with Crippen LogP contribution < -0.4 is 30.2 Å². The van der Waals surface area contributed by atoms with E-state index in [1.807, 2.05) is 0 Å². The Balaban J connectivity index is 1.38.